The lowest BCUT2D eigenvalue weighted by Gasteiger charge is -2.40. The zero-order chi connectivity index (χ0) is 15.1. The van der Waals surface area contributed by atoms with Gasteiger partial charge in [0, 0.05) is 6.20 Å². The maximum atomic E-state index is 12.5. The normalized spacial score (nSPS) is 15.3. The Kier molecular flexibility index (Phi) is 2.96. The summed E-state index contributed by atoms with van der Waals surface area (Å²) < 4.78 is 67.6. The highest BCUT2D eigenvalue weighted by atomic mass is 35.5. The molecule has 0 atom stereocenters. The molecule has 9 heteroatoms. The van der Waals surface area contributed by atoms with E-state index in [1.807, 2.05) is 0 Å². The molecule has 2 rings (SSSR count). The molecule has 0 bridgehead atoms. The van der Waals surface area contributed by atoms with Crippen molar-refractivity contribution in [1.82, 2.24) is 4.98 Å². The summed E-state index contributed by atoms with van der Waals surface area (Å²) in [6.07, 6.45) is 1.37. The first-order chi connectivity index (χ1) is 8.95. The van der Waals surface area contributed by atoms with E-state index in [4.69, 9.17) is 16.3 Å². The van der Waals surface area contributed by atoms with Crippen LogP contribution in [0.3, 0.4) is 0 Å². The number of rotatable bonds is 3. The van der Waals surface area contributed by atoms with Gasteiger partial charge in [-0.3, -0.25) is 0 Å². The van der Waals surface area contributed by atoms with Crippen LogP contribution in [-0.4, -0.2) is 4.98 Å². The van der Waals surface area contributed by atoms with Gasteiger partial charge in [-0.05, 0) is 36.4 Å². The van der Waals surface area contributed by atoms with Crippen molar-refractivity contribution in [3.05, 3.63) is 47.6 Å². The summed E-state index contributed by atoms with van der Waals surface area (Å²) in [5.41, 5.74) is 0. The van der Waals surface area contributed by atoms with Crippen LogP contribution in [0.15, 0.2) is 47.5 Å². The van der Waals surface area contributed by atoms with Gasteiger partial charge in [0.2, 0.25) is 5.88 Å². The molecule has 0 aliphatic heterocycles. The summed E-state index contributed by atoms with van der Waals surface area (Å²) in [5, 5.41) is 0.143. The van der Waals surface area contributed by atoms with E-state index in [-0.39, 0.29) is 28.8 Å². The second-order valence-corrected chi connectivity index (χ2v) is 6.65. The van der Waals surface area contributed by atoms with Gasteiger partial charge in [-0.15, -0.1) is 0 Å². The third-order valence-corrected chi connectivity index (χ3v) is 3.66. The Morgan fingerprint density at radius 1 is 0.950 bits per heavy atom. The largest absolute Gasteiger partial charge is 0.438 e. The standard InChI is InChI=1S/C11H7ClF5NOS/c12-10-2-1-7-18-11(10)19-8-3-5-9(6-4-8)20(13,14,15,16)17/h1-7H. The first-order valence-corrected chi connectivity index (χ1v) is 7.41. The highest BCUT2D eigenvalue weighted by Crippen LogP contribution is 3.02. The van der Waals surface area contributed by atoms with E-state index in [9.17, 15) is 19.4 Å². The fraction of sp³-hybridized carbons (Fsp3) is 0. The third kappa shape index (κ3) is 3.51. The van der Waals surface area contributed by atoms with E-state index in [2.05, 4.69) is 4.98 Å². The van der Waals surface area contributed by atoms with Gasteiger partial charge in [0.25, 0.3) is 0 Å². The van der Waals surface area contributed by atoms with Crippen molar-refractivity contribution in [2.75, 3.05) is 0 Å². The molecule has 0 unspecified atom stereocenters. The average molecular weight is 332 g/mol. The first kappa shape index (κ1) is 14.9. The van der Waals surface area contributed by atoms with Crippen LogP contribution in [0.4, 0.5) is 19.4 Å². The van der Waals surface area contributed by atoms with E-state index in [1.165, 1.54) is 18.3 Å². The number of hydrogen-bond acceptors (Lipinski definition) is 2. The van der Waals surface area contributed by atoms with Crippen molar-refractivity contribution in [2.45, 2.75) is 4.90 Å². The van der Waals surface area contributed by atoms with Crippen molar-refractivity contribution >= 4 is 21.8 Å². The quantitative estimate of drug-likeness (QED) is 0.626. The van der Waals surface area contributed by atoms with Crippen molar-refractivity contribution < 1.29 is 24.2 Å². The topological polar surface area (TPSA) is 22.1 Å². The molecule has 20 heavy (non-hydrogen) atoms. The Bertz CT molecular complexity index is 644. The van der Waals surface area contributed by atoms with Crippen LogP contribution in [0.25, 0.3) is 0 Å². The molecular weight excluding hydrogens is 325 g/mol. The van der Waals surface area contributed by atoms with Crippen LogP contribution in [0.5, 0.6) is 11.6 Å². The number of ether oxygens (including phenoxy) is 1. The fourth-order valence-corrected chi connectivity index (χ4v) is 2.13. The molecule has 0 fully saturated rings. The Balaban J connectivity index is 2.29. The zero-order valence-corrected chi connectivity index (χ0v) is 11.1. The molecule has 0 aliphatic rings. The average Bonchev–Trinajstić information content (AvgIpc) is 2.30. The second kappa shape index (κ2) is 3.98. The molecule has 2 aromatic rings. The van der Waals surface area contributed by atoms with Crippen LogP contribution >= 0.6 is 21.8 Å². The van der Waals surface area contributed by atoms with Gasteiger partial charge in [0.1, 0.15) is 15.7 Å². The Morgan fingerprint density at radius 2 is 1.55 bits per heavy atom. The van der Waals surface area contributed by atoms with Crippen LogP contribution in [0.1, 0.15) is 0 Å². The fourth-order valence-electron chi connectivity index (χ4n) is 1.32. The van der Waals surface area contributed by atoms with Gasteiger partial charge in [-0.2, -0.15) is 0 Å². The maximum Gasteiger partial charge on any atom is 0.310 e. The minimum atomic E-state index is -9.66. The SMILES string of the molecule is FS(F)(F)(F)(F)c1ccc(Oc2ncccc2Cl)cc1. The molecule has 0 amide bonds. The number of hydrogen-bond donors (Lipinski definition) is 0. The van der Waals surface area contributed by atoms with Gasteiger partial charge >= 0.3 is 10.2 Å². The lowest BCUT2D eigenvalue weighted by Crippen LogP contribution is -2.05. The van der Waals surface area contributed by atoms with Crippen molar-refractivity contribution in [3.8, 4) is 11.6 Å². The van der Waals surface area contributed by atoms with Gasteiger partial charge in [0.15, 0.2) is 0 Å². The number of benzene rings is 1. The number of halogens is 6. The highest BCUT2D eigenvalue weighted by Gasteiger charge is 2.65. The van der Waals surface area contributed by atoms with Crippen molar-refractivity contribution in [1.29, 1.82) is 0 Å². The molecule has 0 saturated carbocycles. The van der Waals surface area contributed by atoms with Crippen molar-refractivity contribution in [3.63, 3.8) is 0 Å². The zero-order valence-electron chi connectivity index (χ0n) is 9.57. The van der Waals surface area contributed by atoms with Crippen LogP contribution in [0.2, 0.25) is 5.02 Å². The van der Waals surface area contributed by atoms with E-state index in [0.717, 1.165) is 12.1 Å². The third-order valence-electron chi connectivity index (χ3n) is 2.21. The summed E-state index contributed by atoms with van der Waals surface area (Å²) in [6.45, 7) is 0. The molecule has 0 spiro atoms. The molecule has 0 N–H and O–H groups in total. The number of pyridine rings is 1. The van der Waals surface area contributed by atoms with Gasteiger partial charge in [-0.25, -0.2) is 4.98 Å². The molecule has 1 aromatic heterocycles. The predicted octanol–water partition coefficient (Wildman–Crippen LogP) is 6.18. The first-order valence-electron chi connectivity index (χ1n) is 5.08. The summed E-state index contributed by atoms with van der Waals surface area (Å²) in [7, 11) is -9.66. The molecule has 2 nitrogen and oxygen atoms in total. The van der Waals surface area contributed by atoms with Gasteiger partial charge < -0.3 is 4.74 Å². The van der Waals surface area contributed by atoms with Crippen molar-refractivity contribution in [2.24, 2.45) is 0 Å². The van der Waals surface area contributed by atoms with E-state index in [0.29, 0.717) is 0 Å². The smallest absolute Gasteiger partial charge is 0.310 e. The highest BCUT2D eigenvalue weighted by molar-refractivity contribution is 8.45. The Morgan fingerprint density at radius 3 is 2.05 bits per heavy atom. The number of aromatic nitrogens is 1. The maximum absolute atomic E-state index is 12.5. The van der Waals surface area contributed by atoms with E-state index in [1.54, 1.807) is 0 Å². The second-order valence-electron chi connectivity index (χ2n) is 3.83. The summed E-state index contributed by atoms with van der Waals surface area (Å²) in [4.78, 5) is 1.77. The van der Waals surface area contributed by atoms with Crippen LogP contribution in [-0.2, 0) is 0 Å². The number of nitrogens with zero attached hydrogens (tertiary/aromatic N) is 1. The Hall–Kier alpha value is -1.54. The summed E-state index contributed by atoms with van der Waals surface area (Å²) >= 11 is 5.74. The molecule has 110 valence electrons. The Labute approximate surface area is 115 Å². The lowest BCUT2D eigenvalue weighted by molar-refractivity contribution is 0.363. The minimum absolute atomic E-state index is 0.0331. The molecule has 0 saturated heterocycles. The van der Waals surface area contributed by atoms with E-state index < -0.39 is 15.1 Å². The van der Waals surface area contributed by atoms with Crippen LogP contribution < -0.4 is 4.74 Å². The van der Waals surface area contributed by atoms with Gasteiger partial charge in [-0.1, -0.05) is 31.0 Å². The lowest BCUT2D eigenvalue weighted by atomic mass is 10.3. The molecule has 0 radical (unpaired) electrons. The van der Waals surface area contributed by atoms with Crippen LogP contribution in [0, 0.1) is 0 Å². The minimum Gasteiger partial charge on any atom is -0.438 e. The molecule has 0 aliphatic carbocycles. The summed E-state index contributed by atoms with van der Waals surface area (Å²) in [5.74, 6) is -0.120. The molecular formula is C11H7ClF5NOS. The van der Waals surface area contributed by atoms with E-state index >= 15 is 0 Å². The molecule has 1 heterocycles. The predicted molar refractivity (Wildman–Crippen MR) is 67.2 cm³/mol. The van der Waals surface area contributed by atoms with Gasteiger partial charge in [0.05, 0.1) is 0 Å². The molecule has 1 aromatic carbocycles. The summed E-state index contributed by atoms with van der Waals surface area (Å²) in [6, 6.07) is 5.07. The monoisotopic (exact) mass is 331 g/mol.